The first-order valence-corrected chi connectivity index (χ1v) is 52.0. The molecule has 10 N–H and O–H groups in total. The maximum atomic E-state index is 12.9. The van der Waals surface area contributed by atoms with Crippen LogP contribution >= 0.6 is 90.7 Å². The number of fused-ring (bicyclic) bond motifs is 4. The van der Waals surface area contributed by atoms with Crippen LogP contribution in [0.3, 0.4) is 0 Å². The third-order valence-corrected chi connectivity index (χ3v) is 35.1. The van der Waals surface area contributed by atoms with Crippen molar-refractivity contribution in [1.82, 2.24) is 59.0 Å². The Hall–Kier alpha value is -9.35. The standard InChI is InChI=1S/C22H21N3O4S3.C22H23N3O3S3.C21H23N5OS3.C21H25N5OS3/c1-2-3-10-32(28)22-19(23)18-15(13-4-6-14(7-5-13)29-12-17(26)27)11-16(25-21(18)31-22)20-24-8-9-30-20;1-2-3-12-31(27)22-19(23)18-16(14-4-6-15(7-5-14)28-10-9-26)13-17(25-21(18)30-22)20-24-8-11-29-20;1-3-4-9-30(27)21-17(22)16-13(15-11-24-18(26(15)2)12-5-6-12)10-14(25-20(16)29-21)19-23-7-8-28-19;1-5-6-9-30(27)21-17(22)16-13(15-11-24-18(12(2)3)26(15)4)10-14(25-20(16)29-21)19-23-7-8-28-19/h4-9,11H,2-3,10,12,23H2,1H3,(H,26,27);4-8,11,13,26H,2-3,9-10,12,23H2,1H3;7-8,10-12H,3-6,9,22H2,1-2H3;7-8,10-12H,5-6,9,22H2,1-4H3. The second kappa shape index (κ2) is 41.2. The fourth-order valence-corrected chi connectivity index (χ4v) is 27.2. The summed E-state index contributed by atoms with van der Waals surface area (Å²) < 4.78 is 69.3. The lowest BCUT2D eigenvalue weighted by Gasteiger charge is -2.11. The number of benzene rings is 2. The number of aliphatic carboxylic acids is 1. The zero-order valence-electron chi connectivity index (χ0n) is 68.7. The number of unbranched alkanes of at least 4 members (excludes halogenated alkanes) is 4. The SMILES string of the molecule is CCCCS(=O)c1sc2nc(-c3nccs3)cc(-c3ccc(OCC(=O)O)cc3)c2c1N.CCCCS(=O)c1sc2nc(-c3nccs3)cc(-c3ccc(OCCO)cc3)c2c1N.CCCCS(=O)c1sc2nc(-c3nccs3)cc(-c3cnc(C(C)C)n3C)c2c1N.CCCCS(=O)c1sc2nc(-c3nccs3)cc(-c3cnc(C4CC4)n3C)c2c1N. The topological polar surface area (TPSA) is 387 Å². The highest BCUT2D eigenvalue weighted by Gasteiger charge is 2.32. The zero-order valence-corrected chi connectivity index (χ0v) is 78.5. The average Bonchev–Trinajstić information content (AvgIpc) is 1.59. The first-order valence-electron chi connectivity index (χ1n) is 40.0. The summed E-state index contributed by atoms with van der Waals surface area (Å²) in [4.78, 5) is 60.1. The summed E-state index contributed by atoms with van der Waals surface area (Å²) in [6.45, 7) is 12.4. The molecule has 2 aromatic carbocycles. The highest BCUT2D eigenvalue weighted by atomic mass is 32.2. The van der Waals surface area contributed by atoms with E-state index >= 15 is 0 Å². The first kappa shape index (κ1) is 89.9. The number of aliphatic hydroxyl groups is 1. The lowest BCUT2D eigenvalue weighted by Crippen LogP contribution is -2.09. The Bertz CT molecular complexity index is 6270. The molecule has 17 rings (SSSR count). The number of nitrogen functional groups attached to an aromatic ring is 4. The molecule has 1 aliphatic rings. The fraction of sp³-hybridized carbons (Fsp3) is 0.314. The number of nitrogens with two attached hydrogens (primary N) is 4. The average molecular weight is 1880 g/mol. The molecule has 642 valence electrons. The van der Waals surface area contributed by atoms with Gasteiger partial charge < -0.3 is 51.8 Å². The largest absolute Gasteiger partial charge is 0.491 e. The van der Waals surface area contributed by atoms with Crippen LogP contribution in [0.4, 0.5) is 22.7 Å². The molecule has 4 unspecified atom stereocenters. The van der Waals surface area contributed by atoms with E-state index in [1.807, 2.05) is 95.6 Å². The van der Waals surface area contributed by atoms with E-state index in [2.05, 4.69) is 88.7 Å². The summed E-state index contributed by atoms with van der Waals surface area (Å²) in [5.41, 5.74) is 39.0. The fourth-order valence-electron chi connectivity index (χ4n) is 13.6. The van der Waals surface area contributed by atoms with E-state index in [1.54, 1.807) is 59.6 Å². The molecule has 0 bridgehead atoms. The van der Waals surface area contributed by atoms with Crippen LogP contribution < -0.4 is 32.4 Å². The van der Waals surface area contributed by atoms with Crippen LogP contribution in [-0.4, -0.2) is 135 Å². The van der Waals surface area contributed by atoms with Gasteiger partial charge in [-0.25, -0.2) is 54.6 Å². The van der Waals surface area contributed by atoms with Crippen LogP contribution in [0.2, 0.25) is 0 Å². The van der Waals surface area contributed by atoms with Crippen LogP contribution in [0.15, 0.2) is 148 Å². The van der Waals surface area contributed by atoms with E-state index in [1.165, 1.54) is 80.9 Å². The molecule has 1 fully saturated rings. The van der Waals surface area contributed by atoms with Gasteiger partial charge in [0.05, 0.1) is 96.3 Å². The highest BCUT2D eigenvalue weighted by Crippen LogP contribution is 2.50. The number of aromatic nitrogens is 12. The Morgan fingerprint density at radius 1 is 0.472 bits per heavy atom. The molecule has 4 atom stereocenters. The number of anilines is 4. The van der Waals surface area contributed by atoms with Crippen molar-refractivity contribution < 1.29 is 41.3 Å². The van der Waals surface area contributed by atoms with Crippen LogP contribution in [0.5, 0.6) is 11.5 Å². The van der Waals surface area contributed by atoms with E-state index in [0.29, 0.717) is 77.5 Å². The molecular weight excluding hydrogens is 1790 g/mol. The molecule has 14 heterocycles. The van der Waals surface area contributed by atoms with Crippen molar-refractivity contribution in [2.45, 2.75) is 134 Å². The van der Waals surface area contributed by atoms with Gasteiger partial charge in [0.2, 0.25) is 0 Å². The van der Waals surface area contributed by atoms with Gasteiger partial charge in [0.1, 0.15) is 109 Å². The minimum Gasteiger partial charge on any atom is -0.491 e. The molecular formula is C86H92N16O9S12. The second-order valence-electron chi connectivity index (χ2n) is 29.0. The Morgan fingerprint density at radius 3 is 1.10 bits per heavy atom. The van der Waals surface area contributed by atoms with Crippen LogP contribution in [0.1, 0.15) is 129 Å². The van der Waals surface area contributed by atoms with Gasteiger partial charge in [-0.2, -0.15) is 0 Å². The molecule has 1 aliphatic carbocycles. The number of rotatable bonds is 32. The van der Waals surface area contributed by atoms with Crippen molar-refractivity contribution in [3.63, 3.8) is 0 Å². The van der Waals surface area contributed by atoms with E-state index in [-0.39, 0.29) is 13.2 Å². The van der Waals surface area contributed by atoms with Gasteiger partial charge >= 0.3 is 5.97 Å². The molecule has 0 radical (unpaired) electrons. The van der Waals surface area contributed by atoms with E-state index in [9.17, 15) is 21.6 Å². The molecule has 0 spiro atoms. The zero-order chi connectivity index (χ0) is 86.7. The Morgan fingerprint density at radius 2 is 0.797 bits per heavy atom. The number of pyridine rings is 4. The summed E-state index contributed by atoms with van der Waals surface area (Å²) >= 11 is 11.8. The molecule has 123 heavy (non-hydrogen) atoms. The third kappa shape index (κ3) is 20.3. The van der Waals surface area contributed by atoms with Crippen molar-refractivity contribution in [3.05, 3.63) is 143 Å². The van der Waals surface area contributed by atoms with Gasteiger partial charge in [-0.3, -0.25) is 16.8 Å². The molecule has 1 saturated carbocycles. The number of aliphatic hydroxyl groups excluding tert-OH is 1. The van der Waals surface area contributed by atoms with Crippen molar-refractivity contribution in [2.75, 3.05) is 65.8 Å². The summed E-state index contributed by atoms with van der Waals surface area (Å²) in [5, 5.41) is 32.1. The van der Waals surface area contributed by atoms with Gasteiger partial charge in [0.25, 0.3) is 0 Å². The minimum absolute atomic E-state index is 0.0344. The Labute approximate surface area is 753 Å². The number of nitrogens with zero attached hydrogens (tertiary/aromatic N) is 12. The first-order chi connectivity index (χ1) is 59.6. The third-order valence-electron chi connectivity index (χ3n) is 19.9. The minimum atomic E-state index is -1.18. The number of thiophene rings is 4. The number of thiazole rings is 4. The highest BCUT2D eigenvalue weighted by molar-refractivity contribution is 7.88. The maximum absolute atomic E-state index is 12.9. The molecule has 37 heteroatoms. The smallest absolute Gasteiger partial charge is 0.341 e. The number of carbonyl (C=O) groups is 1. The summed E-state index contributed by atoms with van der Waals surface area (Å²) in [6, 6.07) is 22.8. The van der Waals surface area contributed by atoms with Gasteiger partial charge in [-0.15, -0.1) is 90.7 Å². The lowest BCUT2D eigenvalue weighted by molar-refractivity contribution is -0.139. The van der Waals surface area contributed by atoms with Gasteiger partial charge in [-0.1, -0.05) is 91.5 Å². The molecule has 0 aliphatic heterocycles. The summed E-state index contributed by atoms with van der Waals surface area (Å²) in [6.07, 6.45) is 20.8. The quantitative estimate of drug-likeness (QED) is 0.0228. The number of carboxylic acids is 1. The van der Waals surface area contributed by atoms with Gasteiger partial charge in [-0.05, 0) is 109 Å². The maximum Gasteiger partial charge on any atom is 0.341 e. The Balaban J connectivity index is 0.000000134. The lowest BCUT2D eigenvalue weighted by atomic mass is 10.0. The number of carboxylic acid groups (broad SMARTS) is 1. The normalized spacial score (nSPS) is 13.1. The van der Waals surface area contributed by atoms with Crippen molar-refractivity contribution in [3.8, 4) is 99.1 Å². The molecule has 14 aromatic heterocycles. The van der Waals surface area contributed by atoms with E-state index < -0.39 is 55.8 Å². The van der Waals surface area contributed by atoms with Crippen LogP contribution in [0.25, 0.3) is 128 Å². The van der Waals surface area contributed by atoms with Crippen LogP contribution in [0, 0.1) is 0 Å². The van der Waals surface area contributed by atoms with Crippen LogP contribution in [-0.2, 0) is 62.1 Å². The molecule has 0 amide bonds. The van der Waals surface area contributed by atoms with Crippen molar-refractivity contribution >= 4 is 203 Å². The monoisotopic (exact) mass is 1880 g/mol. The van der Waals surface area contributed by atoms with E-state index in [4.69, 9.17) is 67.5 Å². The molecule has 0 saturated heterocycles. The Kier molecular flexibility index (Phi) is 30.1. The van der Waals surface area contributed by atoms with Crippen molar-refractivity contribution in [2.24, 2.45) is 14.1 Å². The summed E-state index contributed by atoms with van der Waals surface area (Å²) in [7, 11) is -0.480. The predicted molar refractivity (Wildman–Crippen MR) is 512 cm³/mol. The predicted octanol–water partition coefficient (Wildman–Crippen LogP) is 20.6. The number of ether oxygens (including phenoxy) is 2. The number of hydrogen-bond acceptors (Lipinski definition) is 30. The second-order valence-corrected chi connectivity index (χ2v) is 43.6. The molecule has 16 aromatic rings. The van der Waals surface area contributed by atoms with Gasteiger partial charge in [0.15, 0.2) is 6.61 Å². The number of hydrogen-bond donors (Lipinski definition) is 6. The van der Waals surface area contributed by atoms with E-state index in [0.717, 1.165) is 200 Å². The van der Waals surface area contributed by atoms with Crippen molar-refractivity contribution in [1.29, 1.82) is 0 Å². The van der Waals surface area contributed by atoms with Gasteiger partial charge in [0, 0.05) is 128 Å². The molecule has 25 nitrogen and oxygen atoms in total. The number of imidazole rings is 2. The summed E-state index contributed by atoms with van der Waals surface area (Å²) in [5.74, 6) is 5.49.